The van der Waals surface area contributed by atoms with Crippen molar-refractivity contribution in [3.8, 4) is 0 Å². The van der Waals surface area contributed by atoms with Gasteiger partial charge in [-0.05, 0) is 26.2 Å². The molecule has 1 aromatic heterocycles. The summed E-state index contributed by atoms with van der Waals surface area (Å²) in [6.07, 6.45) is 4.27. The Morgan fingerprint density at radius 3 is 3.08 bits per heavy atom. The molecule has 0 bridgehead atoms. The second-order valence-electron chi connectivity index (χ2n) is 3.22. The van der Waals surface area contributed by atoms with Gasteiger partial charge in [0.15, 0.2) is 6.29 Å². The number of aromatic nitrogens is 2. The van der Waals surface area contributed by atoms with E-state index >= 15 is 0 Å². The van der Waals surface area contributed by atoms with E-state index in [2.05, 4.69) is 9.55 Å². The summed E-state index contributed by atoms with van der Waals surface area (Å²) < 4.78 is 2.16. The highest BCUT2D eigenvalue weighted by Crippen LogP contribution is 2.18. The molecular formula is C9H12N2O. The molecule has 3 nitrogen and oxygen atoms in total. The van der Waals surface area contributed by atoms with E-state index in [-0.39, 0.29) is 0 Å². The molecular weight excluding hydrogens is 152 g/mol. The summed E-state index contributed by atoms with van der Waals surface area (Å²) in [7, 11) is 0. The molecule has 0 fully saturated rings. The fourth-order valence-corrected chi connectivity index (χ4v) is 1.85. The van der Waals surface area contributed by atoms with Gasteiger partial charge in [0.2, 0.25) is 0 Å². The van der Waals surface area contributed by atoms with E-state index in [1.165, 1.54) is 12.8 Å². The van der Waals surface area contributed by atoms with Crippen LogP contribution in [-0.4, -0.2) is 15.8 Å². The molecule has 0 amide bonds. The van der Waals surface area contributed by atoms with Crippen molar-refractivity contribution in [2.75, 3.05) is 0 Å². The van der Waals surface area contributed by atoms with E-state index in [4.69, 9.17) is 0 Å². The highest BCUT2D eigenvalue weighted by molar-refractivity contribution is 5.73. The van der Waals surface area contributed by atoms with Crippen LogP contribution in [0.1, 0.15) is 34.8 Å². The largest absolute Gasteiger partial charge is 0.332 e. The Labute approximate surface area is 71.4 Å². The summed E-state index contributed by atoms with van der Waals surface area (Å²) in [6, 6.07) is 0. The van der Waals surface area contributed by atoms with E-state index in [1.807, 2.05) is 6.92 Å². The lowest BCUT2D eigenvalue weighted by atomic mass is 10.1. The third kappa shape index (κ3) is 0.967. The predicted octanol–water partition coefficient (Wildman–Crippen LogP) is 1.34. The molecule has 0 unspecified atom stereocenters. The molecule has 1 aliphatic rings. The third-order valence-corrected chi connectivity index (χ3v) is 2.45. The van der Waals surface area contributed by atoms with Gasteiger partial charge in [-0.3, -0.25) is 4.79 Å². The van der Waals surface area contributed by atoms with Gasteiger partial charge >= 0.3 is 0 Å². The van der Waals surface area contributed by atoms with Crippen molar-refractivity contribution in [1.29, 1.82) is 0 Å². The van der Waals surface area contributed by atoms with Crippen molar-refractivity contribution in [3.63, 3.8) is 0 Å². The molecule has 0 atom stereocenters. The Morgan fingerprint density at radius 2 is 2.33 bits per heavy atom. The number of nitrogens with zero attached hydrogens (tertiary/aromatic N) is 2. The molecule has 0 saturated heterocycles. The summed E-state index contributed by atoms with van der Waals surface area (Å²) in [5.74, 6) is 0.979. The first-order chi connectivity index (χ1) is 5.83. The molecule has 12 heavy (non-hydrogen) atoms. The number of imidazole rings is 1. The monoisotopic (exact) mass is 164 g/mol. The molecule has 2 rings (SSSR count). The van der Waals surface area contributed by atoms with Crippen molar-refractivity contribution in [2.24, 2.45) is 0 Å². The van der Waals surface area contributed by atoms with Crippen LogP contribution >= 0.6 is 0 Å². The lowest BCUT2D eigenvalue weighted by Gasteiger charge is -2.15. The van der Waals surface area contributed by atoms with Gasteiger partial charge in [0.1, 0.15) is 11.5 Å². The van der Waals surface area contributed by atoms with Crippen molar-refractivity contribution in [3.05, 3.63) is 17.2 Å². The minimum Gasteiger partial charge on any atom is -0.332 e. The maximum Gasteiger partial charge on any atom is 0.170 e. The quantitative estimate of drug-likeness (QED) is 0.587. The number of aldehydes is 1. The standard InChI is InChI=1S/C9H12N2O/c1-7-10-8(6-12)9-4-2-3-5-11(7)9/h6H,2-5H2,1H3. The van der Waals surface area contributed by atoms with Crippen LogP contribution in [0.25, 0.3) is 0 Å². The summed E-state index contributed by atoms with van der Waals surface area (Å²) in [4.78, 5) is 14.8. The Kier molecular flexibility index (Phi) is 1.71. The molecule has 0 saturated carbocycles. The van der Waals surface area contributed by atoms with Gasteiger partial charge in [-0.2, -0.15) is 0 Å². The van der Waals surface area contributed by atoms with Crippen LogP contribution in [0, 0.1) is 6.92 Å². The number of carbonyl (C=O) groups excluding carboxylic acids is 1. The number of carbonyl (C=O) groups is 1. The average Bonchev–Trinajstić information content (AvgIpc) is 2.44. The Bertz CT molecular complexity index is 315. The average molecular weight is 164 g/mol. The Morgan fingerprint density at radius 1 is 1.50 bits per heavy atom. The zero-order valence-electron chi connectivity index (χ0n) is 7.21. The maximum atomic E-state index is 10.6. The van der Waals surface area contributed by atoms with Crippen LogP contribution in [0.5, 0.6) is 0 Å². The van der Waals surface area contributed by atoms with Gasteiger partial charge in [-0.1, -0.05) is 0 Å². The molecule has 0 radical (unpaired) electrons. The topological polar surface area (TPSA) is 34.9 Å². The van der Waals surface area contributed by atoms with Crippen molar-refractivity contribution in [2.45, 2.75) is 32.7 Å². The number of aryl methyl sites for hydroxylation is 1. The van der Waals surface area contributed by atoms with E-state index in [0.717, 1.165) is 30.8 Å². The zero-order valence-corrected chi connectivity index (χ0v) is 7.21. The van der Waals surface area contributed by atoms with E-state index in [9.17, 15) is 4.79 Å². The maximum absolute atomic E-state index is 10.6. The SMILES string of the molecule is Cc1nc(C=O)c2n1CCCC2. The highest BCUT2D eigenvalue weighted by Gasteiger charge is 2.16. The molecule has 2 heterocycles. The predicted molar refractivity (Wildman–Crippen MR) is 45.3 cm³/mol. The van der Waals surface area contributed by atoms with Crippen LogP contribution in [0.4, 0.5) is 0 Å². The number of rotatable bonds is 1. The molecule has 1 aliphatic heterocycles. The Balaban J connectivity index is 2.53. The van der Waals surface area contributed by atoms with Crippen LogP contribution in [-0.2, 0) is 13.0 Å². The molecule has 0 spiro atoms. The number of hydrogen-bond acceptors (Lipinski definition) is 2. The van der Waals surface area contributed by atoms with E-state index < -0.39 is 0 Å². The first kappa shape index (κ1) is 7.53. The van der Waals surface area contributed by atoms with E-state index in [0.29, 0.717) is 5.69 Å². The van der Waals surface area contributed by atoms with Gasteiger partial charge < -0.3 is 4.57 Å². The molecule has 0 aromatic carbocycles. The van der Waals surface area contributed by atoms with Crippen LogP contribution in [0.3, 0.4) is 0 Å². The van der Waals surface area contributed by atoms with Gasteiger partial charge in [-0.25, -0.2) is 4.98 Å². The Hall–Kier alpha value is -1.12. The van der Waals surface area contributed by atoms with Gasteiger partial charge in [0.05, 0.1) is 0 Å². The second-order valence-corrected chi connectivity index (χ2v) is 3.22. The summed E-state index contributed by atoms with van der Waals surface area (Å²) in [6.45, 7) is 2.99. The lowest BCUT2D eigenvalue weighted by Crippen LogP contribution is -2.11. The van der Waals surface area contributed by atoms with Gasteiger partial charge in [-0.15, -0.1) is 0 Å². The minimum atomic E-state index is 0.646. The molecule has 3 heteroatoms. The molecule has 0 N–H and O–H groups in total. The molecule has 64 valence electrons. The smallest absolute Gasteiger partial charge is 0.170 e. The normalized spacial score (nSPS) is 15.8. The first-order valence-electron chi connectivity index (χ1n) is 4.34. The fraction of sp³-hybridized carbons (Fsp3) is 0.556. The zero-order chi connectivity index (χ0) is 8.55. The minimum absolute atomic E-state index is 0.646. The third-order valence-electron chi connectivity index (χ3n) is 2.45. The number of fused-ring (bicyclic) bond motifs is 1. The fourth-order valence-electron chi connectivity index (χ4n) is 1.85. The second kappa shape index (κ2) is 2.73. The molecule has 1 aromatic rings. The molecule has 0 aliphatic carbocycles. The van der Waals surface area contributed by atoms with Crippen molar-refractivity contribution < 1.29 is 4.79 Å². The summed E-state index contributed by atoms with van der Waals surface area (Å²) in [5.41, 5.74) is 1.78. The highest BCUT2D eigenvalue weighted by atomic mass is 16.1. The summed E-state index contributed by atoms with van der Waals surface area (Å²) >= 11 is 0. The number of hydrogen-bond donors (Lipinski definition) is 0. The first-order valence-corrected chi connectivity index (χ1v) is 4.34. The van der Waals surface area contributed by atoms with Crippen molar-refractivity contribution >= 4 is 6.29 Å². The van der Waals surface area contributed by atoms with Crippen LogP contribution in [0.15, 0.2) is 0 Å². The lowest BCUT2D eigenvalue weighted by molar-refractivity contribution is 0.111. The van der Waals surface area contributed by atoms with Crippen molar-refractivity contribution in [1.82, 2.24) is 9.55 Å². The van der Waals surface area contributed by atoms with Crippen LogP contribution < -0.4 is 0 Å². The van der Waals surface area contributed by atoms with Gasteiger partial charge in [0.25, 0.3) is 0 Å². The summed E-state index contributed by atoms with van der Waals surface area (Å²) in [5, 5.41) is 0. The van der Waals surface area contributed by atoms with Gasteiger partial charge in [0, 0.05) is 12.2 Å². The van der Waals surface area contributed by atoms with E-state index in [1.54, 1.807) is 0 Å². The van der Waals surface area contributed by atoms with Crippen LogP contribution in [0.2, 0.25) is 0 Å².